The Hall–Kier alpha value is -1.15. The van der Waals surface area contributed by atoms with E-state index in [4.69, 9.17) is 5.73 Å². The standard InChI is InChI=1S/C17H29N3O4S/c18-17(22)13-5-8-19(9-6-13)11-16(21)20(14-3-1-2-4-14)15-7-10-25(23,24)12-15/h13-15H,1-12H2,(H2,18,22)/t15-/m0/s1. The van der Waals surface area contributed by atoms with Crippen LogP contribution in [0.5, 0.6) is 0 Å². The molecular weight excluding hydrogens is 342 g/mol. The summed E-state index contributed by atoms with van der Waals surface area (Å²) in [6, 6.07) is 0.0257. The molecule has 1 saturated carbocycles. The van der Waals surface area contributed by atoms with Gasteiger partial charge in [0.05, 0.1) is 18.1 Å². The molecule has 3 fully saturated rings. The predicted molar refractivity (Wildman–Crippen MR) is 94.5 cm³/mol. The van der Waals surface area contributed by atoms with Crippen molar-refractivity contribution in [3.63, 3.8) is 0 Å². The van der Waals surface area contributed by atoms with E-state index in [9.17, 15) is 18.0 Å². The number of rotatable bonds is 5. The maximum absolute atomic E-state index is 13.0. The van der Waals surface area contributed by atoms with Crippen LogP contribution in [0.15, 0.2) is 0 Å². The van der Waals surface area contributed by atoms with Crippen molar-refractivity contribution >= 4 is 21.7 Å². The first-order valence-electron chi connectivity index (χ1n) is 9.39. The van der Waals surface area contributed by atoms with Gasteiger partial charge in [0.1, 0.15) is 0 Å². The average Bonchev–Trinajstić information content (AvgIpc) is 3.18. The Labute approximate surface area is 149 Å². The molecule has 2 heterocycles. The maximum Gasteiger partial charge on any atom is 0.237 e. The van der Waals surface area contributed by atoms with Crippen LogP contribution in [0.4, 0.5) is 0 Å². The van der Waals surface area contributed by atoms with Gasteiger partial charge in [-0.2, -0.15) is 0 Å². The largest absolute Gasteiger partial charge is 0.369 e. The van der Waals surface area contributed by atoms with Gasteiger partial charge in [-0.15, -0.1) is 0 Å². The molecule has 2 amide bonds. The second kappa shape index (κ2) is 7.61. The van der Waals surface area contributed by atoms with E-state index in [-0.39, 0.29) is 41.3 Å². The van der Waals surface area contributed by atoms with Gasteiger partial charge in [-0.1, -0.05) is 12.8 Å². The highest BCUT2D eigenvalue weighted by molar-refractivity contribution is 7.91. The molecule has 1 atom stereocenters. The van der Waals surface area contributed by atoms with E-state index in [2.05, 4.69) is 4.90 Å². The molecule has 3 aliphatic rings. The molecule has 0 unspecified atom stereocenters. The minimum Gasteiger partial charge on any atom is -0.369 e. The van der Waals surface area contributed by atoms with Crippen molar-refractivity contribution in [1.29, 1.82) is 0 Å². The van der Waals surface area contributed by atoms with Gasteiger partial charge in [-0.25, -0.2) is 8.42 Å². The first kappa shape index (κ1) is 18.6. The Balaban J connectivity index is 1.62. The summed E-state index contributed by atoms with van der Waals surface area (Å²) in [4.78, 5) is 28.3. The van der Waals surface area contributed by atoms with Crippen LogP contribution in [0.1, 0.15) is 44.9 Å². The summed E-state index contributed by atoms with van der Waals surface area (Å²) in [6.45, 7) is 1.71. The minimum absolute atomic E-state index is 0.0477. The topological polar surface area (TPSA) is 101 Å². The normalized spacial score (nSPS) is 28.2. The van der Waals surface area contributed by atoms with Gasteiger partial charge in [0, 0.05) is 18.0 Å². The molecule has 2 N–H and O–H groups in total. The molecule has 8 heteroatoms. The second-order valence-corrected chi connectivity index (χ2v) is 9.98. The summed E-state index contributed by atoms with van der Waals surface area (Å²) in [7, 11) is -3.01. The lowest BCUT2D eigenvalue weighted by Crippen LogP contribution is -2.51. The van der Waals surface area contributed by atoms with Crippen LogP contribution in [0.2, 0.25) is 0 Å². The van der Waals surface area contributed by atoms with E-state index in [0.717, 1.165) is 25.7 Å². The minimum atomic E-state index is -3.01. The van der Waals surface area contributed by atoms with E-state index in [1.807, 2.05) is 4.90 Å². The van der Waals surface area contributed by atoms with Crippen LogP contribution >= 0.6 is 0 Å². The number of likely N-dealkylation sites (tertiary alicyclic amines) is 1. The number of amides is 2. The SMILES string of the molecule is NC(=O)C1CCN(CC(=O)N(C2CCCC2)[C@H]2CCS(=O)(=O)C2)CC1. The Morgan fingerprint density at radius 1 is 1.00 bits per heavy atom. The van der Waals surface area contributed by atoms with Crippen LogP contribution in [0.25, 0.3) is 0 Å². The lowest BCUT2D eigenvalue weighted by atomic mass is 9.96. The van der Waals surface area contributed by atoms with Gasteiger partial charge in [0.15, 0.2) is 9.84 Å². The van der Waals surface area contributed by atoms with Gasteiger partial charge in [0.25, 0.3) is 0 Å². The third-order valence-corrected chi connectivity index (χ3v) is 7.71. The predicted octanol–water partition coefficient (Wildman–Crippen LogP) is 0.142. The molecule has 1 aliphatic carbocycles. The average molecular weight is 372 g/mol. The number of primary amides is 1. The first-order chi connectivity index (χ1) is 11.9. The van der Waals surface area contributed by atoms with E-state index >= 15 is 0 Å². The molecule has 0 aromatic heterocycles. The van der Waals surface area contributed by atoms with Crippen LogP contribution in [-0.4, -0.2) is 73.3 Å². The van der Waals surface area contributed by atoms with Gasteiger partial charge in [-0.3, -0.25) is 14.5 Å². The Morgan fingerprint density at radius 2 is 1.64 bits per heavy atom. The van der Waals surface area contributed by atoms with Crippen molar-refractivity contribution in [2.45, 2.75) is 57.0 Å². The third kappa shape index (κ3) is 4.53. The first-order valence-corrected chi connectivity index (χ1v) is 11.2. The smallest absolute Gasteiger partial charge is 0.237 e. The number of carbonyl (C=O) groups is 2. The van der Waals surface area contributed by atoms with Crippen LogP contribution in [0.3, 0.4) is 0 Å². The van der Waals surface area contributed by atoms with Crippen molar-refractivity contribution in [3.8, 4) is 0 Å². The van der Waals surface area contributed by atoms with E-state index in [0.29, 0.717) is 38.9 Å². The number of carbonyl (C=O) groups excluding carboxylic acids is 2. The molecule has 3 rings (SSSR count). The Kier molecular flexibility index (Phi) is 5.68. The summed E-state index contributed by atoms with van der Waals surface area (Å²) in [6.07, 6.45) is 6.13. The zero-order valence-electron chi connectivity index (χ0n) is 14.7. The number of hydrogen-bond acceptors (Lipinski definition) is 5. The van der Waals surface area contributed by atoms with Crippen molar-refractivity contribution in [1.82, 2.24) is 9.80 Å². The zero-order chi connectivity index (χ0) is 18.0. The van der Waals surface area contributed by atoms with Gasteiger partial charge >= 0.3 is 0 Å². The lowest BCUT2D eigenvalue weighted by Gasteiger charge is -2.37. The molecule has 0 bridgehead atoms. The molecule has 0 spiro atoms. The number of nitrogens with zero attached hydrogens (tertiary/aromatic N) is 2. The monoisotopic (exact) mass is 371 g/mol. The number of hydrogen-bond donors (Lipinski definition) is 1. The van der Waals surface area contributed by atoms with E-state index < -0.39 is 9.84 Å². The quantitative estimate of drug-likeness (QED) is 0.741. The molecule has 0 aromatic rings. The summed E-state index contributed by atoms with van der Waals surface area (Å²) in [5.41, 5.74) is 5.36. The molecule has 2 aliphatic heterocycles. The van der Waals surface area contributed by atoms with Gasteiger partial charge in [-0.05, 0) is 45.2 Å². The fourth-order valence-electron chi connectivity index (χ4n) is 4.53. The maximum atomic E-state index is 13.0. The molecule has 25 heavy (non-hydrogen) atoms. The molecule has 7 nitrogen and oxygen atoms in total. The molecule has 0 aromatic carbocycles. The van der Waals surface area contributed by atoms with Crippen LogP contribution in [0, 0.1) is 5.92 Å². The van der Waals surface area contributed by atoms with Gasteiger partial charge < -0.3 is 10.6 Å². The van der Waals surface area contributed by atoms with Gasteiger partial charge in [0.2, 0.25) is 11.8 Å². The number of sulfone groups is 1. The Morgan fingerprint density at radius 3 is 2.16 bits per heavy atom. The highest BCUT2D eigenvalue weighted by atomic mass is 32.2. The number of nitrogens with two attached hydrogens (primary N) is 1. The highest BCUT2D eigenvalue weighted by Gasteiger charge is 2.39. The van der Waals surface area contributed by atoms with Crippen molar-refractivity contribution in [3.05, 3.63) is 0 Å². The summed E-state index contributed by atoms with van der Waals surface area (Å²) in [5, 5.41) is 0. The van der Waals surface area contributed by atoms with Crippen molar-refractivity contribution in [2.75, 3.05) is 31.1 Å². The second-order valence-electron chi connectivity index (χ2n) is 7.75. The third-order valence-electron chi connectivity index (χ3n) is 5.96. The fourth-order valence-corrected chi connectivity index (χ4v) is 6.24. The molecule has 142 valence electrons. The zero-order valence-corrected chi connectivity index (χ0v) is 15.5. The number of piperidine rings is 1. The van der Waals surface area contributed by atoms with E-state index in [1.54, 1.807) is 0 Å². The van der Waals surface area contributed by atoms with E-state index in [1.165, 1.54) is 0 Å². The molecule has 0 radical (unpaired) electrons. The lowest BCUT2D eigenvalue weighted by molar-refractivity contribution is -0.137. The molecular formula is C17H29N3O4S. The van der Waals surface area contributed by atoms with Crippen molar-refractivity contribution in [2.24, 2.45) is 11.7 Å². The van der Waals surface area contributed by atoms with Crippen molar-refractivity contribution < 1.29 is 18.0 Å². The summed E-state index contributed by atoms with van der Waals surface area (Å²) < 4.78 is 23.8. The fraction of sp³-hybridized carbons (Fsp3) is 0.882. The van der Waals surface area contributed by atoms with Crippen LogP contribution < -0.4 is 5.73 Å². The van der Waals surface area contributed by atoms with Crippen LogP contribution in [-0.2, 0) is 19.4 Å². The molecule has 2 saturated heterocycles. The summed E-state index contributed by atoms with van der Waals surface area (Å²) >= 11 is 0. The Bertz CT molecular complexity index is 607. The summed E-state index contributed by atoms with van der Waals surface area (Å²) in [5.74, 6) is 0.00969. The highest BCUT2D eigenvalue weighted by Crippen LogP contribution is 2.29.